The summed E-state index contributed by atoms with van der Waals surface area (Å²) in [6, 6.07) is 9.85. The normalized spacial score (nSPS) is 18.6. The van der Waals surface area contributed by atoms with Crippen LogP contribution in [0.1, 0.15) is 31.9 Å². The van der Waals surface area contributed by atoms with E-state index in [0.717, 1.165) is 5.56 Å². The van der Waals surface area contributed by atoms with Gasteiger partial charge in [0.05, 0.1) is 24.8 Å². The average molecular weight is 245 g/mol. The molecule has 1 aromatic rings. The van der Waals surface area contributed by atoms with Gasteiger partial charge in [-0.05, 0) is 11.6 Å². The molecule has 0 atom stereocenters. The molecule has 3 nitrogen and oxygen atoms in total. The highest BCUT2D eigenvalue weighted by Gasteiger charge is 2.47. The Bertz CT molecular complexity index is 462. The van der Waals surface area contributed by atoms with Crippen molar-refractivity contribution < 1.29 is 9.47 Å². The Labute approximate surface area is 108 Å². The topological polar surface area (TPSA) is 42.2 Å². The van der Waals surface area contributed by atoms with Crippen molar-refractivity contribution in [2.75, 3.05) is 13.2 Å². The first-order chi connectivity index (χ1) is 8.48. The summed E-state index contributed by atoms with van der Waals surface area (Å²) in [5.41, 5.74) is 1.54. The van der Waals surface area contributed by atoms with Crippen molar-refractivity contribution in [3.05, 3.63) is 35.4 Å². The molecule has 18 heavy (non-hydrogen) atoms. The fourth-order valence-corrected chi connectivity index (χ4v) is 2.29. The van der Waals surface area contributed by atoms with Crippen LogP contribution in [0.4, 0.5) is 0 Å². The molecule has 0 N–H and O–H groups in total. The first-order valence-electron chi connectivity index (χ1n) is 6.24. The third-order valence-corrected chi connectivity index (χ3v) is 3.46. The van der Waals surface area contributed by atoms with Gasteiger partial charge in [-0.1, -0.05) is 39.0 Å². The molecule has 1 fully saturated rings. The van der Waals surface area contributed by atoms with Gasteiger partial charge in [0.25, 0.3) is 0 Å². The lowest BCUT2D eigenvalue weighted by molar-refractivity contribution is -0.221. The summed E-state index contributed by atoms with van der Waals surface area (Å²) in [5, 5.41) is 9.15. The van der Waals surface area contributed by atoms with Crippen LogP contribution in [0.3, 0.4) is 0 Å². The lowest BCUT2D eigenvalue weighted by atomic mass is 9.81. The summed E-state index contributed by atoms with van der Waals surface area (Å²) in [6.45, 7) is 7.55. The van der Waals surface area contributed by atoms with E-state index in [1.807, 2.05) is 24.3 Å². The first kappa shape index (κ1) is 13.1. The van der Waals surface area contributed by atoms with E-state index in [2.05, 4.69) is 26.8 Å². The average Bonchev–Trinajstić information content (AvgIpc) is 2.79. The largest absolute Gasteiger partial charge is 0.347 e. The molecule has 1 aromatic carbocycles. The molecule has 1 aliphatic rings. The second-order valence-electron chi connectivity index (χ2n) is 5.65. The molecule has 3 heteroatoms. The summed E-state index contributed by atoms with van der Waals surface area (Å²) >= 11 is 0. The van der Waals surface area contributed by atoms with Crippen molar-refractivity contribution in [2.45, 2.75) is 33.0 Å². The van der Waals surface area contributed by atoms with Crippen molar-refractivity contribution in [1.29, 1.82) is 5.26 Å². The standard InChI is InChI=1S/C15H19NO2/c1-14(2,3)15(17-8-9-18-15)10-12-6-4-5-7-13(12)11-16/h4-7H,8-10H2,1-3H3. The van der Waals surface area contributed by atoms with Crippen LogP contribution in [0.5, 0.6) is 0 Å². The van der Waals surface area contributed by atoms with E-state index in [4.69, 9.17) is 14.7 Å². The highest BCUT2D eigenvalue weighted by molar-refractivity contribution is 5.38. The van der Waals surface area contributed by atoms with Crippen LogP contribution in [0.25, 0.3) is 0 Å². The Morgan fingerprint density at radius 2 is 1.83 bits per heavy atom. The Balaban J connectivity index is 2.34. The number of hydrogen-bond acceptors (Lipinski definition) is 3. The zero-order valence-corrected chi connectivity index (χ0v) is 11.2. The van der Waals surface area contributed by atoms with E-state index in [1.165, 1.54) is 0 Å². The summed E-state index contributed by atoms with van der Waals surface area (Å²) < 4.78 is 11.8. The van der Waals surface area contributed by atoms with E-state index in [0.29, 0.717) is 25.2 Å². The van der Waals surface area contributed by atoms with Gasteiger partial charge in [0.2, 0.25) is 0 Å². The molecule has 0 aliphatic carbocycles. The maximum absolute atomic E-state index is 9.15. The molecule has 0 unspecified atom stereocenters. The molecule has 0 amide bonds. The van der Waals surface area contributed by atoms with Crippen LogP contribution >= 0.6 is 0 Å². The molecular weight excluding hydrogens is 226 g/mol. The zero-order valence-electron chi connectivity index (χ0n) is 11.2. The van der Waals surface area contributed by atoms with Gasteiger partial charge in [0.1, 0.15) is 0 Å². The monoisotopic (exact) mass is 245 g/mol. The van der Waals surface area contributed by atoms with Gasteiger partial charge in [0.15, 0.2) is 5.79 Å². The molecule has 0 radical (unpaired) electrons. The van der Waals surface area contributed by atoms with Crippen LogP contribution in [0.15, 0.2) is 24.3 Å². The third-order valence-electron chi connectivity index (χ3n) is 3.46. The second kappa shape index (κ2) is 4.72. The van der Waals surface area contributed by atoms with Crippen LogP contribution < -0.4 is 0 Å². The quantitative estimate of drug-likeness (QED) is 0.804. The predicted octanol–water partition coefficient (Wildman–Crippen LogP) is 2.89. The number of nitriles is 1. The predicted molar refractivity (Wildman–Crippen MR) is 69.0 cm³/mol. The smallest absolute Gasteiger partial charge is 0.177 e. The van der Waals surface area contributed by atoms with E-state index in [-0.39, 0.29) is 5.41 Å². The summed E-state index contributed by atoms with van der Waals surface area (Å²) in [5.74, 6) is -0.625. The minimum Gasteiger partial charge on any atom is -0.347 e. The molecule has 0 bridgehead atoms. The van der Waals surface area contributed by atoms with Gasteiger partial charge in [-0.15, -0.1) is 0 Å². The maximum atomic E-state index is 9.15. The zero-order chi connectivity index (χ0) is 13.2. The number of nitrogens with zero attached hydrogens (tertiary/aromatic N) is 1. The van der Waals surface area contributed by atoms with Gasteiger partial charge in [-0.2, -0.15) is 5.26 Å². The van der Waals surface area contributed by atoms with Crippen molar-refractivity contribution in [3.8, 4) is 6.07 Å². The summed E-state index contributed by atoms with van der Waals surface area (Å²) in [4.78, 5) is 0. The van der Waals surface area contributed by atoms with Crippen LogP contribution in [-0.2, 0) is 15.9 Å². The number of benzene rings is 1. The fourth-order valence-electron chi connectivity index (χ4n) is 2.29. The maximum Gasteiger partial charge on any atom is 0.177 e. The lowest BCUT2D eigenvalue weighted by Gasteiger charge is -2.39. The summed E-state index contributed by atoms with van der Waals surface area (Å²) in [7, 11) is 0. The Kier molecular flexibility index (Phi) is 3.43. The van der Waals surface area contributed by atoms with E-state index >= 15 is 0 Å². The highest BCUT2D eigenvalue weighted by atomic mass is 16.7. The van der Waals surface area contributed by atoms with Crippen LogP contribution in [-0.4, -0.2) is 19.0 Å². The van der Waals surface area contributed by atoms with Crippen molar-refractivity contribution in [1.82, 2.24) is 0 Å². The Morgan fingerprint density at radius 3 is 2.39 bits per heavy atom. The summed E-state index contributed by atoms with van der Waals surface area (Å²) in [6.07, 6.45) is 0.611. The SMILES string of the molecule is CC(C)(C)C1(Cc2ccccc2C#N)OCCO1. The first-order valence-corrected chi connectivity index (χ1v) is 6.24. The molecule has 0 spiro atoms. The van der Waals surface area contributed by atoms with Gasteiger partial charge in [-0.25, -0.2) is 0 Å². The number of hydrogen-bond donors (Lipinski definition) is 0. The minimum absolute atomic E-state index is 0.133. The minimum atomic E-state index is -0.625. The van der Waals surface area contributed by atoms with Crippen molar-refractivity contribution in [3.63, 3.8) is 0 Å². The van der Waals surface area contributed by atoms with E-state index in [9.17, 15) is 0 Å². The number of ether oxygens (including phenoxy) is 2. The van der Waals surface area contributed by atoms with Crippen LogP contribution in [0.2, 0.25) is 0 Å². The van der Waals surface area contributed by atoms with Gasteiger partial charge in [0, 0.05) is 11.8 Å². The van der Waals surface area contributed by atoms with Crippen molar-refractivity contribution >= 4 is 0 Å². The van der Waals surface area contributed by atoms with Crippen LogP contribution in [0, 0.1) is 16.7 Å². The molecular formula is C15H19NO2. The number of rotatable bonds is 2. The second-order valence-corrected chi connectivity index (χ2v) is 5.65. The molecule has 1 aliphatic heterocycles. The van der Waals surface area contributed by atoms with E-state index < -0.39 is 5.79 Å². The molecule has 96 valence electrons. The van der Waals surface area contributed by atoms with E-state index in [1.54, 1.807) is 0 Å². The molecule has 0 saturated carbocycles. The highest BCUT2D eigenvalue weighted by Crippen LogP contribution is 2.40. The van der Waals surface area contributed by atoms with Gasteiger partial charge in [-0.3, -0.25) is 0 Å². The van der Waals surface area contributed by atoms with Gasteiger partial charge >= 0.3 is 0 Å². The third kappa shape index (κ3) is 2.27. The fraction of sp³-hybridized carbons (Fsp3) is 0.533. The Hall–Kier alpha value is -1.37. The van der Waals surface area contributed by atoms with Crippen molar-refractivity contribution in [2.24, 2.45) is 5.41 Å². The Morgan fingerprint density at radius 1 is 1.22 bits per heavy atom. The molecule has 0 aromatic heterocycles. The lowest BCUT2D eigenvalue weighted by Crippen LogP contribution is -2.46. The van der Waals surface area contributed by atoms with Gasteiger partial charge < -0.3 is 9.47 Å². The molecule has 1 saturated heterocycles. The molecule has 1 heterocycles. The molecule has 2 rings (SSSR count).